The lowest BCUT2D eigenvalue weighted by atomic mass is 9.82. The summed E-state index contributed by atoms with van der Waals surface area (Å²) in [6.45, 7) is 0. The third-order valence-corrected chi connectivity index (χ3v) is 13.2. The Kier molecular flexibility index (Phi) is 7.98. The van der Waals surface area contributed by atoms with Crippen molar-refractivity contribution in [3.05, 3.63) is 231 Å². The summed E-state index contributed by atoms with van der Waals surface area (Å²) in [6.07, 6.45) is 0. The molecule has 292 valence electrons. The summed E-state index contributed by atoms with van der Waals surface area (Å²) in [5, 5.41) is 14.5. The average Bonchev–Trinajstić information content (AvgIpc) is 3.73. The van der Waals surface area contributed by atoms with Gasteiger partial charge in [-0.3, -0.25) is 0 Å². The van der Waals surface area contributed by atoms with Gasteiger partial charge in [-0.1, -0.05) is 176 Å². The summed E-state index contributed by atoms with van der Waals surface area (Å²) >= 11 is 0. The highest BCUT2D eigenvalue weighted by atomic mass is 16.3. The Morgan fingerprint density at radius 2 is 0.635 bits per heavy atom. The minimum absolute atomic E-state index is 0.903. The van der Waals surface area contributed by atoms with Crippen molar-refractivity contribution in [2.75, 3.05) is 0 Å². The van der Waals surface area contributed by atoms with E-state index < -0.39 is 0 Å². The van der Waals surface area contributed by atoms with Crippen molar-refractivity contribution in [2.45, 2.75) is 0 Å². The third kappa shape index (κ3) is 5.86. The number of hydrogen-bond acceptors (Lipinski definition) is 1. The van der Waals surface area contributed by atoms with E-state index in [4.69, 9.17) is 4.42 Å². The molecule has 13 rings (SSSR count). The topological polar surface area (TPSA) is 13.1 Å². The maximum atomic E-state index is 6.26. The van der Waals surface area contributed by atoms with E-state index in [1.165, 1.54) is 104 Å². The highest BCUT2D eigenvalue weighted by Gasteiger charge is 2.21. The molecular formula is C62H38O. The maximum absolute atomic E-state index is 6.26. The molecule has 1 nitrogen and oxygen atoms in total. The van der Waals surface area contributed by atoms with Crippen LogP contribution >= 0.6 is 0 Å². The molecule has 1 aromatic heterocycles. The summed E-state index contributed by atoms with van der Waals surface area (Å²) < 4.78 is 6.26. The van der Waals surface area contributed by atoms with E-state index >= 15 is 0 Å². The van der Waals surface area contributed by atoms with Gasteiger partial charge in [0.25, 0.3) is 0 Å². The summed E-state index contributed by atoms with van der Waals surface area (Å²) in [7, 11) is 0. The van der Waals surface area contributed by atoms with Gasteiger partial charge in [-0.05, 0) is 164 Å². The zero-order valence-electron chi connectivity index (χ0n) is 34.3. The predicted molar refractivity (Wildman–Crippen MR) is 268 cm³/mol. The third-order valence-electron chi connectivity index (χ3n) is 13.2. The first-order valence-electron chi connectivity index (χ1n) is 21.7. The number of para-hydroxylation sites is 1. The maximum Gasteiger partial charge on any atom is 0.135 e. The molecule has 0 saturated carbocycles. The smallest absolute Gasteiger partial charge is 0.135 e. The molecule has 0 amide bonds. The highest BCUT2D eigenvalue weighted by Crippen LogP contribution is 2.48. The minimum Gasteiger partial charge on any atom is -0.456 e. The molecule has 0 aliphatic heterocycles. The van der Waals surface area contributed by atoms with Crippen LogP contribution in [0.2, 0.25) is 0 Å². The van der Waals surface area contributed by atoms with Crippen molar-refractivity contribution >= 4 is 75.8 Å². The second-order valence-electron chi connectivity index (χ2n) is 16.8. The van der Waals surface area contributed by atoms with Crippen molar-refractivity contribution in [2.24, 2.45) is 0 Å². The number of fused-ring (bicyclic) bond motifs is 9. The molecule has 1 heterocycles. The lowest BCUT2D eigenvalue weighted by Gasteiger charge is -2.21. The van der Waals surface area contributed by atoms with E-state index in [9.17, 15) is 0 Å². The van der Waals surface area contributed by atoms with Crippen LogP contribution in [0, 0.1) is 0 Å². The zero-order valence-corrected chi connectivity index (χ0v) is 34.3. The van der Waals surface area contributed by atoms with E-state index in [2.05, 4.69) is 218 Å². The fraction of sp³-hybridized carbons (Fsp3) is 0. The van der Waals surface area contributed by atoms with Gasteiger partial charge in [-0.15, -0.1) is 0 Å². The van der Waals surface area contributed by atoms with Crippen LogP contribution in [0.3, 0.4) is 0 Å². The van der Waals surface area contributed by atoms with E-state index in [0.717, 1.165) is 27.5 Å². The van der Waals surface area contributed by atoms with Gasteiger partial charge in [0.15, 0.2) is 0 Å². The molecule has 0 spiro atoms. The van der Waals surface area contributed by atoms with Crippen molar-refractivity contribution in [3.8, 4) is 55.6 Å². The molecule has 63 heavy (non-hydrogen) atoms. The summed E-state index contributed by atoms with van der Waals surface area (Å²) in [6, 6.07) is 84.9. The van der Waals surface area contributed by atoms with Gasteiger partial charge in [0.1, 0.15) is 11.2 Å². The van der Waals surface area contributed by atoms with Crippen LogP contribution in [-0.2, 0) is 0 Å². The monoisotopic (exact) mass is 798 g/mol. The predicted octanol–water partition coefficient (Wildman–Crippen LogP) is 17.7. The van der Waals surface area contributed by atoms with Crippen molar-refractivity contribution < 1.29 is 4.42 Å². The largest absolute Gasteiger partial charge is 0.456 e. The van der Waals surface area contributed by atoms with Gasteiger partial charge in [0.2, 0.25) is 0 Å². The molecule has 0 unspecified atom stereocenters. The minimum atomic E-state index is 0.903. The van der Waals surface area contributed by atoms with Crippen molar-refractivity contribution in [1.29, 1.82) is 0 Å². The first-order valence-corrected chi connectivity index (χ1v) is 21.7. The Balaban J connectivity index is 1.15. The van der Waals surface area contributed by atoms with Gasteiger partial charge in [-0.25, -0.2) is 0 Å². The molecule has 0 aliphatic rings. The Labute approximate surface area is 364 Å². The van der Waals surface area contributed by atoms with Crippen LogP contribution in [0.25, 0.3) is 131 Å². The first kappa shape index (κ1) is 35.5. The van der Waals surface area contributed by atoms with Crippen LogP contribution in [0.15, 0.2) is 235 Å². The van der Waals surface area contributed by atoms with Crippen molar-refractivity contribution in [3.63, 3.8) is 0 Å². The van der Waals surface area contributed by atoms with Gasteiger partial charge >= 0.3 is 0 Å². The Hall–Kier alpha value is -8.26. The van der Waals surface area contributed by atoms with Gasteiger partial charge in [0, 0.05) is 10.8 Å². The summed E-state index contributed by atoms with van der Waals surface area (Å²) in [4.78, 5) is 0. The van der Waals surface area contributed by atoms with Crippen LogP contribution < -0.4 is 0 Å². The van der Waals surface area contributed by atoms with Gasteiger partial charge in [-0.2, -0.15) is 0 Å². The summed E-state index contributed by atoms with van der Waals surface area (Å²) in [5.41, 5.74) is 13.8. The molecule has 0 fully saturated rings. The molecule has 0 saturated heterocycles. The SMILES string of the molecule is c1ccc(-c2cc3ccccc3cc2-c2ccc3c(c2)c(-c2ccc4ccccc4c2)c(-c2ccc4ccccc4c2)c2cc(-c4ccc5oc6ccccc6c5c4)ccc23)cc1. The quantitative estimate of drug-likeness (QED) is 0.158. The van der Waals surface area contributed by atoms with E-state index in [0.29, 0.717) is 0 Å². The molecule has 0 aliphatic carbocycles. The molecule has 0 N–H and O–H groups in total. The van der Waals surface area contributed by atoms with E-state index in [1.807, 2.05) is 12.1 Å². The van der Waals surface area contributed by atoms with E-state index in [1.54, 1.807) is 0 Å². The first-order chi connectivity index (χ1) is 31.2. The van der Waals surface area contributed by atoms with E-state index in [-0.39, 0.29) is 0 Å². The molecule has 0 atom stereocenters. The Morgan fingerprint density at radius 3 is 1.25 bits per heavy atom. The molecule has 1 heteroatoms. The second-order valence-corrected chi connectivity index (χ2v) is 16.8. The fourth-order valence-corrected chi connectivity index (χ4v) is 10.1. The molecule has 12 aromatic carbocycles. The standard InChI is InChI=1S/C62H38O/c1-2-14-41(15-3-1)54-34-44-18-8-9-19-45(44)35-55(54)48-27-30-52-51-29-26-46(47-28-31-60-56(36-47)53-20-10-11-21-59(53)63-60)37-57(51)61(49-24-22-39-12-4-6-16-42(39)32-49)62(58(52)38-48)50-25-23-40-13-5-7-17-43(40)33-50/h1-38H. The molecule has 13 aromatic rings. The van der Waals surface area contributed by atoms with Gasteiger partial charge < -0.3 is 4.42 Å². The molecule has 0 radical (unpaired) electrons. The molecule has 0 bridgehead atoms. The summed E-state index contributed by atoms with van der Waals surface area (Å²) in [5.74, 6) is 0. The van der Waals surface area contributed by atoms with Crippen LogP contribution in [-0.4, -0.2) is 0 Å². The lowest BCUT2D eigenvalue weighted by molar-refractivity contribution is 0.669. The zero-order chi connectivity index (χ0) is 41.4. The fourth-order valence-electron chi connectivity index (χ4n) is 10.1. The Bertz CT molecular complexity index is 3960. The number of hydrogen-bond donors (Lipinski definition) is 0. The number of benzene rings is 12. The van der Waals surface area contributed by atoms with Crippen LogP contribution in [0.4, 0.5) is 0 Å². The van der Waals surface area contributed by atoms with Gasteiger partial charge in [0.05, 0.1) is 0 Å². The second kappa shape index (κ2) is 14.2. The highest BCUT2D eigenvalue weighted by molar-refractivity contribution is 6.23. The van der Waals surface area contributed by atoms with Crippen LogP contribution in [0.1, 0.15) is 0 Å². The average molecular weight is 799 g/mol. The Morgan fingerprint density at radius 1 is 0.206 bits per heavy atom. The van der Waals surface area contributed by atoms with Crippen molar-refractivity contribution in [1.82, 2.24) is 0 Å². The van der Waals surface area contributed by atoms with Crippen LogP contribution in [0.5, 0.6) is 0 Å². The molecular weight excluding hydrogens is 761 g/mol. The normalized spacial score (nSPS) is 11.8. The number of furan rings is 1. The lowest BCUT2D eigenvalue weighted by Crippen LogP contribution is -1.94. The number of rotatable bonds is 5.